The molecule has 0 fully saturated rings. The van der Waals surface area contributed by atoms with Gasteiger partial charge in [-0.15, -0.1) is 0 Å². The number of unbranched alkanes of at least 4 members (excludes halogenated alkanes) is 16. The molecule has 8 nitrogen and oxygen atoms in total. The lowest BCUT2D eigenvalue weighted by Gasteiger charge is -2.28. The third kappa shape index (κ3) is 34.3. The van der Waals surface area contributed by atoms with E-state index in [-0.39, 0.29) is 25.8 Å². The maximum Gasteiger partial charge on any atom is 0.306 e. The summed E-state index contributed by atoms with van der Waals surface area (Å²) in [6, 6.07) is 0. The first-order valence-electron chi connectivity index (χ1n) is 18.6. The van der Waals surface area contributed by atoms with Crippen LogP contribution in [0, 0.1) is 0 Å². The molecule has 0 aromatic rings. The van der Waals surface area contributed by atoms with Crippen molar-refractivity contribution in [2.45, 2.75) is 155 Å². The number of carbonyl (C=O) groups excluding carboxylic acids is 1. The molecule has 0 aliphatic heterocycles. The van der Waals surface area contributed by atoms with Gasteiger partial charge in [0.15, 0.2) is 0 Å². The molecule has 0 aromatic carbocycles. The second-order valence-corrected chi connectivity index (χ2v) is 15.0. The SMILES string of the molecule is CCCCCC/C=C\C/C=C\CCCCCCCCCCOCC(COP(=O)([O-])OCC[N+](C)(C)C)OC(=O)CCCCCCC. The van der Waals surface area contributed by atoms with Crippen LogP contribution in [0.2, 0.25) is 0 Å². The lowest BCUT2D eigenvalue weighted by atomic mass is 10.1. The van der Waals surface area contributed by atoms with E-state index in [1.165, 1.54) is 77.0 Å². The molecule has 9 heteroatoms. The van der Waals surface area contributed by atoms with Gasteiger partial charge in [0.25, 0.3) is 7.82 Å². The highest BCUT2D eigenvalue weighted by molar-refractivity contribution is 7.45. The number of quaternary nitrogens is 1. The minimum absolute atomic E-state index is 0.0255. The molecule has 0 rings (SSSR count). The summed E-state index contributed by atoms with van der Waals surface area (Å²) in [5, 5.41) is 0. The minimum Gasteiger partial charge on any atom is -0.756 e. The van der Waals surface area contributed by atoms with Gasteiger partial charge in [0.1, 0.15) is 19.3 Å². The van der Waals surface area contributed by atoms with E-state index in [9.17, 15) is 14.3 Å². The normalized spacial score (nSPS) is 14.3. The zero-order chi connectivity index (χ0) is 34.2. The lowest BCUT2D eigenvalue weighted by molar-refractivity contribution is -0.870. The van der Waals surface area contributed by atoms with Gasteiger partial charge in [0.2, 0.25) is 0 Å². The van der Waals surface area contributed by atoms with Crippen molar-refractivity contribution in [3.05, 3.63) is 24.3 Å². The largest absolute Gasteiger partial charge is 0.756 e. The van der Waals surface area contributed by atoms with Crippen molar-refractivity contribution in [3.8, 4) is 0 Å². The summed E-state index contributed by atoms with van der Waals surface area (Å²) in [6.07, 6.45) is 32.2. The molecule has 0 saturated heterocycles. The van der Waals surface area contributed by atoms with Crippen LogP contribution in [-0.2, 0) is 27.9 Å². The van der Waals surface area contributed by atoms with Crippen LogP contribution in [0.3, 0.4) is 0 Å². The Morgan fingerprint density at radius 1 is 0.674 bits per heavy atom. The molecule has 2 unspecified atom stereocenters. The Kier molecular flexibility index (Phi) is 30.6. The first kappa shape index (κ1) is 45.0. The van der Waals surface area contributed by atoms with Crippen molar-refractivity contribution in [2.24, 2.45) is 0 Å². The van der Waals surface area contributed by atoms with E-state index in [1.807, 2.05) is 21.1 Å². The summed E-state index contributed by atoms with van der Waals surface area (Å²) < 4.78 is 34.2. The zero-order valence-electron chi connectivity index (χ0n) is 30.5. The average Bonchev–Trinajstić information content (AvgIpc) is 2.99. The van der Waals surface area contributed by atoms with Gasteiger partial charge in [0.05, 0.1) is 34.4 Å². The molecule has 46 heavy (non-hydrogen) atoms. The lowest BCUT2D eigenvalue weighted by Crippen LogP contribution is -2.37. The highest BCUT2D eigenvalue weighted by Crippen LogP contribution is 2.38. The zero-order valence-corrected chi connectivity index (χ0v) is 31.4. The van der Waals surface area contributed by atoms with Crippen LogP contribution in [0.15, 0.2) is 24.3 Å². The molecule has 272 valence electrons. The van der Waals surface area contributed by atoms with Gasteiger partial charge in [-0.05, 0) is 44.9 Å². The highest BCUT2D eigenvalue weighted by atomic mass is 31.2. The van der Waals surface area contributed by atoms with Crippen LogP contribution in [0.1, 0.15) is 149 Å². The van der Waals surface area contributed by atoms with Gasteiger partial charge < -0.3 is 27.9 Å². The molecule has 0 amide bonds. The number of esters is 1. The van der Waals surface area contributed by atoms with Gasteiger partial charge in [0, 0.05) is 13.0 Å². The second-order valence-electron chi connectivity index (χ2n) is 13.6. The maximum absolute atomic E-state index is 12.4. The molecule has 0 aliphatic rings. The fraction of sp³-hybridized carbons (Fsp3) is 0.865. The molecule has 0 spiro atoms. The number of hydrogen-bond acceptors (Lipinski definition) is 7. The summed E-state index contributed by atoms with van der Waals surface area (Å²) in [5.41, 5.74) is 0. The third-order valence-electron chi connectivity index (χ3n) is 7.76. The van der Waals surface area contributed by atoms with E-state index >= 15 is 0 Å². The van der Waals surface area contributed by atoms with E-state index in [4.69, 9.17) is 18.5 Å². The van der Waals surface area contributed by atoms with Gasteiger partial charge in [-0.3, -0.25) is 9.36 Å². The Morgan fingerprint density at radius 2 is 1.20 bits per heavy atom. The van der Waals surface area contributed by atoms with E-state index in [2.05, 4.69) is 38.2 Å². The molecular weight excluding hydrogens is 601 g/mol. The summed E-state index contributed by atoms with van der Waals surface area (Å²) in [5.74, 6) is -0.350. The Hall–Kier alpha value is -1.02. The molecular formula is C37H72NO7P. The summed E-state index contributed by atoms with van der Waals surface area (Å²) in [4.78, 5) is 24.6. The van der Waals surface area contributed by atoms with Gasteiger partial charge >= 0.3 is 5.97 Å². The predicted molar refractivity (Wildman–Crippen MR) is 190 cm³/mol. The van der Waals surface area contributed by atoms with Crippen LogP contribution >= 0.6 is 7.82 Å². The minimum atomic E-state index is -4.50. The Bertz CT molecular complexity index is 797. The van der Waals surface area contributed by atoms with Crippen LogP contribution in [-0.4, -0.2) is 70.7 Å². The topological polar surface area (TPSA) is 94.1 Å². The summed E-state index contributed by atoms with van der Waals surface area (Å²) >= 11 is 0. The Labute approximate surface area is 283 Å². The molecule has 0 heterocycles. The van der Waals surface area contributed by atoms with E-state index in [0.29, 0.717) is 24.1 Å². The van der Waals surface area contributed by atoms with Crippen molar-refractivity contribution in [1.82, 2.24) is 0 Å². The van der Waals surface area contributed by atoms with Crippen LogP contribution < -0.4 is 4.89 Å². The number of nitrogens with zero attached hydrogens (tertiary/aromatic N) is 1. The number of allylic oxidation sites excluding steroid dienone is 4. The van der Waals surface area contributed by atoms with Crippen molar-refractivity contribution < 1.29 is 37.3 Å². The van der Waals surface area contributed by atoms with E-state index in [0.717, 1.165) is 51.4 Å². The standard InChI is InChI=1S/C37H72NO7P/c1-6-8-10-12-13-14-15-16-17-18-19-20-21-22-23-24-25-27-29-32-42-34-36(45-37(39)30-28-26-11-9-7-2)35-44-46(40,41)43-33-31-38(3,4)5/h14-15,17-18,36H,6-13,16,19-35H2,1-5H3/b15-14-,18-17-. The maximum atomic E-state index is 12.4. The first-order chi connectivity index (χ1) is 22.1. The smallest absolute Gasteiger partial charge is 0.306 e. The number of phosphoric acid groups is 1. The predicted octanol–water partition coefficient (Wildman–Crippen LogP) is 9.47. The Morgan fingerprint density at radius 3 is 1.78 bits per heavy atom. The van der Waals surface area contributed by atoms with E-state index < -0.39 is 13.9 Å². The van der Waals surface area contributed by atoms with Crippen LogP contribution in [0.5, 0.6) is 0 Å². The number of carbonyl (C=O) groups is 1. The molecule has 0 aliphatic carbocycles. The third-order valence-corrected chi connectivity index (χ3v) is 8.72. The van der Waals surface area contributed by atoms with Crippen molar-refractivity contribution >= 4 is 13.8 Å². The van der Waals surface area contributed by atoms with Crippen LogP contribution in [0.4, 0.5) is 0 Å². The fourth-order valence-electron chi connectivity index (χ4n) is 4.81. The average molecular weight is 674 g/mol. The van der Waals surface area contributed by atoms with E-state index in [1.54, 1.807) is 0 Å². The van der Waals surface area contributed by atoms with Gasteiger partial charge in [-0.25, -0.2) is 0 Å². The highest BCUT2D eigenvalue weighted by Gasteiger charge is 2.20. The summed E-state index contributed by atoms with van der Waals surface area (Å²) in [7, 11) is 1.35. The fourth-order valence-corrected chi connectivity index (χ4v) is 5.54. The number of ether oxygens (including phenoxy) is 2. The van der Waals surface area contributed by atoms with Crippen LogP contribution in [0.25, 0.3) is 0 Å². The van der Waals surface area contributed by atoms with Crippen molar-refractivity contribution in [1.29, 1.82) is 0 Å². The molecule has 0 N–H and O–H groups in total. The number of likely N-dealkylation sites (N-methyl/N-ethyl adjacent to an activating group) is 1. The monoisotopic (exact) mass is 674 g/mol. The quantitative estimate of drug-likeness (QED) is 0.0221. The molecule has 0 bridgehead atoms. The van der Waals surface area contributed by atoms with Gasteiger partial charge in [-0.2, -0.15) is 0 Å². The number of rotatable bonds is 34. The van der Waals surface area contributed by atoms with Crippen molar-refractivity contribution in [2.75, 3.05) is 54.1 Å². The number of phosphoric ester groups is 1. The first-order valence-corrected chi connectivity index (χ1v) is 20.0. The molecule has 2 atom stereocenters. The summed E-state index contributed by atoms with van der Waals surface area (Å²) in [6.45, 7) is 5.28. The van der Waals surface area contributed by atoms with Crippen molar-refractivity contribution in [3.63, 3.8) is 0 Å². The number of hydrogen-bond donors (Lipinski definition) is 0. The molecule has 0 saturated carbocycles. The molecule has 0 radical (unpaired) electrons. The Balaban J connectivity index is 4.09. The second kappa shape index (κ2) is 31.3. The van der Waals surface area contributed by atoms with Gasteiger partial charge in [-0.1, -0.05) is 122 Å². The molecule has 0 aromatic heterocycles.